The van der Waals surface area contributed by atoms with Gasteiger partial charge in [0, 0.05) is 24.2 Å². The Kier molecular flexibility index (Phi) is 4.83. The lowest BCUT2D eigenvalue weighted by Gasteiger charge is -2.28. The van der Waals surface area contributed by atoms with Crippen molar-refractivity contribution >= 4 is 17.7 Å². The molecule has 2 aliphatic heterocycles. The molecule has 0 spiro atoms. The highest BCUT2D eigenvalue weighted by atomic mass is 32.2. The Labute approximate surface area is 129 Å². The van der Waals surface area contributed by atoms with Gasteiger partial charge in [0.1, 0.15) is 0 Å². The third kappa shape index (κ3) is 3.42. The lowest BCUT2D eigenvalue weighted by atomic mass is 10.0. The summed E-state index contributed by atoms with van der Waals surface area (Å²) in [5.41, 5.74) is 0.936. The molecule has 1 aromatic rings. The van der Waals surface area contributed by atoms with Gasteiger partial charge in [0.25, 0.3) is 0 Å². The van der Waals surface area contributed by atoms with Crippen LogP contribution in [0.3, 0.4) is 0 Å². The van der Waals surface area contributed by atoms with E-state index in [1.807, 2.05) is 35.2 Å². The number of aliphatic hydroxyl groups excluding tert-OH is 1. The molecule has 2 saturated heterocycles. The fourth-order valence-corrected chi connectivity index (χ4v) is 4.13. The van der Waals surface area contributed by atoms with Crippen LogP contribution in [-0.2, 0) is 4.79 Å². The van der Waals surface area contributed by atoms with Gasteiger partial charge in [-0.25, -0.2) is 0 Å². The first-order chi connectivity index (χ1) is 10.3. The predicted octanol–water partition coefficient (Wildman–Crippen LogP) is 1.76. The van der Waals surface area contributed by atoms with Crippen molar-refractivity contribution in [1.82, 2.24) is 10.2 Å². The van der Waals surface area contributed by atoms with Gasteiger partial charge in [0.2, 0.25) is 5.91 Å². The summed E-state index contributed by atoms with van der Waals surface area (Å²) in [5, 5.41) is 13.6. The van der Waals surface area contributed by atoms with Crippen molar-refractivity contribution in [3.63, 3.8) is 0 Å². The molecular formula is C16H22N2O2S. The van der Waals surface area contributed by atoms with E-state index in [-0.39, 0.29) is 18.0 Å². The molecular weight excluding hydrogens is 284 g/mol. The fourth-order valence-electron chi connectivity index (χ4n) is 3.19. The first-order valence-electron chi connectivity index (χ1n) is 7.60. The maximum Gasteiger partial charge on any atom is 0.240 e. The molecule has 0 saturated carbocycles. The van der Waals surface area contributed by atoms with E-state index in [1.54, 1.807) is 11.8 Å². The van der Waals surface area contributed by atoms with Crippen LogP contribution in [0.4, 0.5) is 0 Å². The van der Waals surface area contributed by atoms with Crippen molar-refractivity contribution in [1.29, 1.82) is 0 Å². The summed E-state index contributed by atoms with van der Waals surface area (Å²) in [6.45, 7) is 0.827. The molecule has 4 nitrogen and oxygen atoms in total. The van der Waals surface area contributed by atoms with Crippen LogP contribution in [0.25, 0.3) is 0 Å². The number of hydrogen-bond donors (Lipinski definition) is 2. The Morgan fingerprint density at radius 2 is 2.24 bits per heavy atom. The lowest BCUT2D eigenvalue weighted by Crippen LogP contribution is -2.47. The molecule has 2 N–H and O–H groups in total. The normalized spacial score (nSPS) is 27.0. The number of rotatable bonds is 4. The van der Waals surface area contributed by atoms with Crippen LogP contribution < -0.4 is 5.32 Å². The number of hydrogen-bond acceptors (Lipinski definition) is 4. The zero-order chi connectivity index (χ0) is 14.7. The third-order valence-corrected chi connectivity index (χ3v) is 5.29. The number of carbonyl (C=O) groups is 1. The maximum atomic E-state index is 12.5. The predicted molar refractivity (Wildman–Crippen MR) is 85.0 cm³/mol. The molecule has 3 rings (SSSR count). The van der Waals surface area contributed by atoms with Crippen LogP contribution in [0.5, 0.6) is 0 Å². The van der Waals surface area contributed by atoms with Crippen LogP contribution >= 0.6 is 11.8 Å². The number of nitrogens with one attached hydrogen (secondary N) is 1. The van der Waals surface area contributed by atoms with Crippen LogP contribution in [-0.4, -0.2) is 46.2 Å². The van der Waals surface area contributed by atoms with E-state index in [1.165, 1.54) is 0 Å². The van der Waals surface area contributed by atoms with Crippen molar-refractivity contribution in [2.45, 2.75) is 37.5 Å². The minimum absolute atomic E-state index is 0.0375. The standard InChI is InChI=1S/C16H22N2O2S/c19-15(12-5-2-1-3-6-12)9-13-7-4-8-18(13)16(20)14-10-21-11-17-14/h1-3,5-6,13-15,17,19H,4,7-11H2/t13-,14-,15-/m0/s1. The Morgan fingerprint density at radius 1 is 1.43 bits per heavy atom. The van der Waals surface area contributed by atoms with E-state index in [0.717, 1.165) is 36.6 Å². The molecule has 5 heteroatoms. The summed E-state index contributed by atoms with van der Waals surface area (Å²) in [4.78, 5) is 14.5. The van der Waals surface area contributed by atoms with E-state index in [9.17, 15) is 9.90 Å². The minimum atomic E-state index is -0.490. The second kappa shape index (κ2) is 6.81. The summed E-state index contributed by atoms with van der Waals surface area (Å²) >= 11 is 1.77. The van der Waals surface area contributed by atoms with Crippen LogP contribution in [0.15, 0.2) is 30.3 Å². The quantitative estimate of drug-likeness (QED) is 0.890. The van der Waals surface area contributed by atoms with Crippen LogP contribution in [0, 0.1) is 0 Å². The maximum absolute atomic E-state index is 12.5. The van der Waals surface area contributed by atoms with Crippen molar-refractivity contribution in [2.75, 3.05) is 18.2 Å². The molecule has 21 heavy (non-hydrogen) atoms. The molecule has 1 amide bonds. The Hall–Kier alpha value is -1.04. The van der Waals surface area contributed by atoms with E-state index < -0.39 is 6.10 Å². The second-order valence-electron chi connectivity index (χ2n) is 5.76. The fraction of sp³-hybridized carbons (Fsp3) is 0.562. The lowest BCUT2D eigenvalue weighted by molar-refractivity contribution is -0.133. The van der Waals surface area contributed by atoms with Crippen molar-refractivity contribution in [3.8, 4) is 0 Å². The molecule has 0 aliphatic carbocycles. The summed E-state index contributed by atoms with van der Waals surface area (Å²) in [6, 6.07) is 9.85. The molecule has 2 heterocycles. The molecule has 0 radical (unpaired) electrons. The van der Waals surface area contributed by atoms with E-state index in [2.05, 4.69) is 5.32 Å². The zero-order valence-corrected chi connectivity index (χ0v) is 12.9. The highest BCUT2D eigenvalue weighted by Crippen LogP contribution is 2.28. The summed E-state index contributed by atoms with van der Waals surface area (Å²) in [6.07, 6.45) is 2.18. The van der Waals surface area contributed by atoms with Gasteiger partial charge >= 0.3 is 0 Å². The number of nitrogens with zero attached hydrogens (tertiary/aromatic N) is 1. The third-order valence-electron chi connectivity index (χ3n) is 4.35. The number of aliphatic hydroxyl groups is 1. The van der Waals surface area contributed by atoms with Crippen LogP contribution in [0.1, 0.15) is 30.9 Å². The first-order valence-corrected chi connectivity index (χ1v) is 8.76. The summed E-state index contributed by atoms with van der Waals surface area (Å²) in [5.74, 6) is 1.94. The van der Waals surface area contributed by atoms with Gasteiger partial charge in [0.15, 0.2) is 0 Å². The molecule has 114 valence electrons. The molecule has 0 aromatic heterocycles. The Balaban J connectivity index is 1.62. The zero-order valence-electron chi connectivity index (χ0n) is 12.1. The van der Waals surface area contributed by atoms with E-state index in [4.69, 9.17) is 0 Å². The molecule has 2 aliphatic rings. The summed E-state index contributed by atoms with van der Waals surface area (Å²) in [7, 11) is 0. The Morgan fingerprint density at radius 3 is 2.95 bits per heavy atom. The van der Waals surface area contributed by atoms with E-state index in [0.29, 0.717) is 6.42 Å². The monoisotopic (exact) mass is 306 g/mol. The second-order valence-corrected chi connectivity index (χ2v) is 6.79. The summed E-state index contributed by atoms with van der Waals surface area (Å²) < 4.78 is 0. The smallest absolute Gasteiger partial charge is 0.240 e. The molecule has 0 unspecified atom stereocenters. The minimum Gasteiger partial charge on any atom is -0.388 e. The van der Waals surface area contributed by atoms with E-state index >= 15 is 0 Å². The average molecular weight is 306 g/mol. The highest BCUT2D eigenvalue weighted by Gasteiger charge is 2.35. The van der Waals surface area contributed by atoms with Gasteiger partial charge < -0.3 is 10.0 Å². The van der Waals surface area contributed by atoms with Gasteiger partial charge in [-0.2, -0.15) is 0 Å². The molecule has 1 aromatic carbocycles. The number of carbonyl (C=O) groups excluding carboxylic acids is 1. The number of benzene rings is 1. The topological polar surface area (TPSA) is 52.6 Å². The number of thioether (sulfide) groups is 1. The molecule has 0 bridgehead atoms. The van der Waals surface area contributed by atoms with Crippen molar-refractivity contribution in [2.24, 2.45) is 0 Å². The van der Waals surface area contributed by atoms with Gasteiger partial charge in [-0.05, 0) is 24.8 Å². The molecule has 2 fully saturated rings. The van der Waals surface area contributed by atoms with Crippen LogP contribution in [0.2, 0.25) is 0 Å². The number of likely N-dealkylation sites (tertiary alicyclic amines) is 1. The SMILES string of the molecule is O=C([C@@H]1CSCN1)N1CCC[C@H]1C[C@H](O)c1ccccc1. The van der Waals surface area contributed by atoms with Gasteiger partial charge in [-0.3, -0.25) is 10.1 Å². The largest absolute Gasteiger partial charge is 0.388 e. The number of amides is 1. The highest BCUT2D eigenvalue weighted by molar-refractivity contribution is 7.99. The Bertz CT molecular complexity index is 476. The van der Waals surface area contributed by atoms with Crippen molar-refractivity contribution < 1.29 is 9.90 Å². The van der Waals surface area contributed by atoms with Gasteiger partial charge in [-0.1, -0.05) is 30.3 Å². The average Bonchev–Trinajstić information content (AvgIpc) is 3.19. The van der Waals surface area contributed by atoms with Crippen molar-refractivity contribution in [3.05, 3.63) is 35.9 Å². The molecule has 3 atom stereocenters. The van der Waals surface area contributed by atoms with Gasteiger partial charge in [0.05, 0.1) is 12.1 Å². The first kappa shape index (κ1) is 14.9. The van der Waals surface area contributed by atoms with Gasteiger partial charge in [-0.15, -0.1) is 11.8 Å².